The summed E-state index contributed by atoms with van der Waals surface area (Å²) in [6, 6.07) is 6.32. The van der Waals surface area contributed by atoms with E-state index in [0.717, 1.165) is 0 Å². The highest BCUT2D eigenvalue weighted by molar-refractivity contribution is 7.95. The third-order valence-corrected chi connectivity index (χ3v) is 5.21. The maximum absolute atomic E-state index is 12.5. The van der Waals surface area contributed by atoms with Crippen molar-refractivity contribution < 1.29 is 13.2 Å². The second-order valence-corrected chi connectivity index (χ2v) is 6.22. The first-order chi connectivity index (χ1) is 8.60. The van der Waals surface area contributed by atoms with Gasteiger partial charge in [0.15, 0.2) is 0 Å². The van der Waals surface area contributed by atoms with E-state index in [4.69, 9.17) is 0 Å². The molecule has 5 nitrogen and oxygen atoms in total. The van der Waals surface area contributed by atoms with Gasteiger partial charge in [0.2, 0.25) is 9.84 Å². The van der Waals surface area contributed by atoms with Crippen molar-refractivity contribution in [3.05, 3.63) is 40.4 Å². The van der Waals surface area contributed by atoms with Gasteiger partial charge in [0.1, 0.15) is 0 Å². The minimum Gasteiger partial charge on any atom is -0.323 e. The number of carbonyl (C=O) groups is 1. The van der Waals surface area contributed by atoms with Gasteiger partial charge in [0.25, 0.3) is 5.91 Å². The molecule has 0 saturated carbocycles. The van der Waals surface area contributed by atoms with Crippen molar-refractivity contribution in [1.82, 2.24) is 10.6 Å². The Balaban J connectivity index is 2.30. The maximum Gasteiger partial charge on any atom is 0.256 e. The van der Waals surface area contributed by atoms with E-state index in [-0.39, 0.29) is 16.4 Å². The van der Waals surface area contributed by atoms with Crippen LogP contribution in [0.3, 0.4) is 0 Å². The van der Waals surface area contributed by atoms with E-state index in [0.29, 0.717) is 30.1 Å². The Morgan fingerprint density at radius 3 is 2.78 bits per heavy atom. The van der Waals surface area contributed by atoms with Crippen molar-refractivity contribution in [3.63, 3.8) is 0 Å². The second kappa shape index (κ2) is 3.93. The zero-order chi connectivity index (χ0) is 12.8. The molecule has 1 aromatic rings. The number of benzene rings is 1. The van der Waals surface area contributed by atoms with Gasteiger partial charge in [-0.1, -0.05) is 12.1 Å². The van der Waals surface area contributed by atoms with Crippen LogP contribution in [0.1, 0.15) is 16.8 Å². The minimum absolute atomic E-state index is 0.106. The molecule has 0 radical (unpaired) electrons. The van der Waals surface area contributed by atoms with Crippen molar-refractivity contribution in [2.75, 3.05) is 13.1 Å². The Hall–Kier alpha value is -1.66. The molecule has 0 unspecified atom stereocenters. The highest BCUT2D eigenvalue weighted by Gasteiger charge is 2.33. The zero-order valence-corrected chi connectivity index (χ0v) is 10.4. The van der Waals surface area contributed by atoms with Gasteiger partial charge < -0.3 is 10.6 Å². The molecule has 0 fully saturated rings. The molecule has 2 heterocycles. The van der Waals surface area contributed by atoms with Crippen LogP contribution in [0, 0.1) is 0 Å². The molecule has 2 aliphatic heterocycles. The van der Waals surface area contributed by atoms with E-state index in [1.54, 1.807) is 12.1 Å². The summed E-state index contributed by atoms with van der Waals surface area (Å²) in [5.74, 6) is -0.358. The van der Waals surface area contributed by atoms with Crippen LogP contribution in [0.4, 0.5) is 0 Å². The van der Waals surface area contributed by atoms with Crippen LogP contribution >= 0.6 is 0 Å². The third kappa shape index (κ3) is 1.57. The molecule has 3 rings (SSSR count). The quantitative estimate of drug-likeness (QED) is 0.711. The lowest BCUT2D eigenvalue weighted by atomic mass is 10.2. The summed E-state index contributed by atoms with van der Waals surface area (Å²) >= 11 is 0. The van der Waals surface area contributed by atoms with Crippen molar-refractivity contribution in [2.24, 2.45) is 0 Å². The SMILES string of the molecule is O=C1NC2=C(CCNC2)S(=O)(=O)c2ccccc21. The molecule has 1 aromatic carbocycles. The first-order valence-corrected chi connectivity index (χ1v) is 7.17. The van der Waals surface area contributed by atoms with E-state index in [1.165, 1.54) is 12.1 Å². The van der Waals surface area contributed by atoms with Gasteiger partial charge in [0, 0.05) is 18.8 Å². The fourth-order valence-corrected chi connectivity index (χ4v) is 4.09. The van der Waals surface area contributed by atoms with Gasteiger partial charge in [-0.2, -0.15) is 0 Å². The lowest BCUT2D eigenvalue weighted by molar-refractivity contribution is 0.0962. The molecule has 94 valence electrons. The van der Waals surface area contributed by atoms with Crippen LogP contribution in [-0.4, -0.2) is 27.4 Å². The van der Waals surface area contributed by atoms with Crippen LogP contribution in [0.5, 0.6) is 0 Å². The number of sulfone groups is 1. The molecular formula is C12H12N2O3S. The lowest BCUT2D eigenvalue weighted by Crippen LogP contribution is -2.34. The van der Waals surface area contributed by atoms with E-state index >= 15 is 0 Å². The monoisotopic (exact) mass is 264 g/mol. The smallest absolute Gasteiger partial charge is 0.256 e. The molecule has 1 amide bonds. The fourth-order valence-electron chi connectivity index (χ4n) is 2.30. The van der Waals surface area contributed by atoms with Gasteiger partial charge in [-0.15, -0.1) is 0 Å². The van der Waals surface area contributed by atoms with Crippen LogP contribution in [0.25, 0.3) is 0 Å². The number of hydrogen-bond acceptors (Lipinski definition) is 4. The molecular weight excluding hydrogens is 252 g/mol. The lowest BCUT2D eigenvalue weighted by Gasteiger charge is -2.19. The van der Waals surface area contributed by atoms with Crippen LogP contribution in [-0.2, 0) is 9.84 Å². The largest absolute Gasteiger partial charge is 0.323 e. The molecule has 0 aromatic heterocycles. The van der Waals surface area contributed by atoms with E-state index in [9.17, 15) is 13.2 Å². The Kier molecular flexibility index (Phi) is 2.49. The van der Waals surface area contributed by atoms with Crippen LogP contribution < -0.4 is 10.6 Å². The summed E-state index contributed by atoms with van der Waals surface area (Å²) in [7, 11) is -3.56. The highest BCUT2D eigenvalue weighted by atomic mass is 32.2. The molecule has 0 saturated heterocycles. The second-order valence-electron chi connectivity index (χ2n) is 4.28. The molecule has 6 heteroatoms. The van der Waals surface area contributed by atoms with Gasteiger partial charge >= 0.3 is 0 Å². The molecule has 0 bridgehead atoms. The molecule has 0 aliphatic carbocycles. The van der Waals surface area contributed by atoms with Gasteiger partial charge in [-0.3, -0.25) is 4.79 Å². The van der Waals surface area contributed by atoms with E-state index in [1.807, 2.05) is 0 Å². The van der Waals surface area contributed by atoms with Crippen molar-refractivity contribution in [3.8, 4) is 0 Å². The van der Waals surface area contributed by atoms with Gasteiger partial charge in [-0.05, 0) is 18.6 Å². The number of hydrogen-bond donors (Lipinski definition) is 2. The van der Waals surface area contributed by atoms with Crippen molar-refractivity contribution >= 4 is 15.7 Å². The summed E-state index contributed by atoms with van der Waals surface area (Å²) in [6.45, 7) is 0.990. The van der Waals surface area contributed by atoms with Gasteiger partial charge in [0.05, 0.1) is 15.4 Å². The number of fused-ring (bicyclic) bond motifs is 1. The van der Waals surface area contributed by atoms with E-state index < -0.39 is 9.84 Å². The predicted octanol–water partition coefficient (Wildman–Crippen LogP) is 0.409. The normalized spacial score (nSPS) is 21.7. The first kappa shape index (κ1) is 11.4. The summed E-state index contributed by atoms with van der Waals surface area (Å²) in [5, 5.41) is 5.75. The van der Waals surface area contributed by atoms with Gasteiger partial charge in [-0.25, -0.2) is 8.42 Å². The van der Waals surface area contributed by atoms with Crippen LogP contribution in [0.15, 0.2) is 39.8 Å². The Bertz CT molecular complexity index is 662. The minimum atomic E-state index is -3.56. The zero-order valence-electron chi connectivity index (χ0n) is 9.56. The standard InChI is InChI=1S/C12H12N2O3S/c15-12-8-3-1-2-4-10(8)18(16,17)11-5-6-13-7-9(11)14-12/h1-4,13H,5-7H2,(H,14,15). The van der Waals surface area contributed by atoms with Crippen molar-refractivity contribution in [1.29, 1.82) is 0 Å². The maximum atomic E-state index is 12.5. The number of amides is 1. The molecule has 0 spiro atoms. The summed E-state index contributed by atoms with van der Waals surface area (Å²) < 4.78 is 25.1. The Labute approximate surface area is 105 Å². The summed E-state index contributed by atoms with van der Waals surface area (Å²) in [4.78, 5) is 12.4. The molecule has 0 atom stereocenters. The highest BCUT2D eigenvalue weighted by Crippen LogP contribution is 2.30. The average molecular weight is 264 g/mol. The fraction of sp³-hybridized carbons (Fsp3) is 0.250. The predicted molar refractivity (Wildman–Crippen MR) is 65.6 cm³/mol. The van der Waals surface area contributed by atoms with E-state index in [2.05, 4.69) is 10.6 Å². The van der Waals surface area contributed by atoms with Crippen molar-refractivity contribution in [2.45, 2.75) is 11.3 Å². The molecule has 2 N–H and O–H groups in total. The summed E-state index contributed by atoms with van der Waals surface area (Å²) in [6.07, 6.45) is 0.409. The number of rotatable bonds is 0. The number of carbonyl (C=O) groups excluding carboxylic acids is 1. The van der Waals surface area contributed by atoms with Crippen LogP contribution in [0.2, 0.25) is 0 Å². The molecule has 2 aliphatic rings. The number of nitrogens with one attached hydrogen (secondary N) is 2. The average Bonchev–Trinajstić information content (AvgIpc) is 2.46. The molecule has 18 heavy (non-hydrogen) atoms. The Morgan fingerprint density at radius 2 is 1.94 bits per heavy atom. The first-order valence-electron chi connectivity index (χ1n) is 5.69. The Morgan fingerprint density at radius 1 is 1.17 bits per heavy atom. The topological polar surface area (TPSA) is 75.3 Å². The summed E-state index contributed by atoms with van der Waals surface area (Å²) in [5.41, 5.74) is 0.689. The third-order valence-electron chi connectivity index (χ3n) is 3.18.